The zero-order valence-electron chi connectivity index (χ0n) is 7.05. The molecule has 0 aliphatic carbocycles. The number of nitrogens with one attached hydrogen (secondary N) is 1. The predicted molar refractivity (Wildman–Crippen MR) is 55.8 cm³/mol. The molecule has 72 valence electrons. The summed E-state index contributed by atoms with van der Waals surface area (Å²) in [6.07, 6.45) is 0.250. The number of hydrogen-bond acceptors (Lipinski definition) is 2. The maximum absolute atomic E-state index is 10.9. The molecule has 0 saturated carbocycles. The fourth-order valence-electron chi connectivity index (χ4n) is 1.24. The van der Waals surface area contributed by atoms with E-state index in [2.05, 4.69) is 10.5 Å². The van der Waals surface area contributed by atoms with Gasteiger partial charge in [-0.05, 0) is 6.07 Å². The summed E-state index contributed by atoms with van der Waals surface area (Å²) in [4.78, 5) is 10.9. The Labute approximate surface area is 90.7 Å². The quantitative estimate of drug-likeness (QED) is 0.788. The molecule has 1 aromatic carbocycles. The average molecular weight is 229 g/mol. The number of halogens is 2. The number of rotatable bonds is 1. The molecule has 1 heterocycles. The molecule has 1 aliphatic heterocycles. The molecular formula is C9H6Cl2N2O. The number of nitrogens with zero attached hydrogens (tertiary/aromatic N) is 1. The number of carbonyl (C=O) groups excluding carboxylic acids is 1. The molecule has 0 saturated heterocycles. The summed E-state index contributed by atoms with van der Waals surface area (Å²) in [7, 11) is 0. The highest BCUT2D eigenvalue weighted by Crippen LogP contribution is 2.27. The van der Waals surface area contributed by atoms with E-state index in [1.54, 1.807) is 18.2 Å². The van der Waals surface area contributed by atoms with E-state index >= 15 is 0 Å². The Morgan fingerprint density at radius 3 is 2.79 bits per heavy atom. The number of hydrazone groups is 1. The fourth-order valence-corrected chi connectivity index (χ4v) is 1.65. The van der Waals surface area contributed by atoms with Gasteiger partial charge in [0.2, 0.25) is 5.91 Å². The van der Waals surface area contributed by atoms with Gasteiger partial charge in [-0.25, -0.2) is 5.43 Å². The van der Waals surface area contributed by atoms with Crippen LogP contribution in [0.1, 0.15) is 12.0 Å². The van der Waals surface area contributed by atoms with Crippen molar-refractivity contribution in [1.82, 2.24) is 5.43 Å². The molecule has 2 rings (SSSR count). The van der Waals surface area contributed by atoms with E-state index < -0.39 is 0 Å². The van der Waals surface area contributed by atoms with Crippen molar-refractivity contribution >= 4 is 34.8 Å². The largest absolute Gasteiger partial charge is 0.273 e. The summed E-state index contributed by atoms with van der Waals surface area (Å²) in [6.45, 7) is 0. The van der Waals surface area contributed by atoms with Crippen molar-refractivity contribution in [3.8, 4) is 0 Å². The molecule has 0 bridgehead atoms. The number of carbonyl (C=O) groups is 1. The van der Waals surface area contributed by atoms with Crippen LogP contribution in [0.5, 0.6) is 0 Å². The molecule has 1 amide bonds. The van der Waals surface area contributed by atoms with Crippen molar-refractivity contribution < 1.29 is 4.79 Å². The lowest BCUT2D eigenvalue weighted by Crippen LogP contribution is -2.09. The second-order valence-electron chi connectivity index (χ2n) is 2.87. The summed E-state index contributed by atoms with van der Waals surface area (Å²) in [5, 5.41) is 4.76. The van der Waals surface area contributed by atoms with Crippen molar-refractivity contribution in [2.45, 2.75) is 6.42 Å². The van der Waals surface area contributed by atoms with Gasteiger partial charge in [-0.1, -0.05) is 35.3 Å². The molecule has 1 N–H and O–H groups in total. The van der Waals surface area contributed by atoms with Gasteiger partial charge in [0.05, 0.1) is 22.2 Å². The zero-order chi connectivity index (χ0) is 10.1. The molecule has 1 aromatic rings. The van der Waals surface area contributed by atoms with E-state index in [9.17, 15) is 4.79 Å². The van der Waals surface area contributed by atoms with Crippen molar-refractivity contribution in [1.29, 1.82) is 0 Å². The van der Waals surface area contributed by atoms with Crippen LogP contribution < -0.4 is 5.43 Å². The normalized spacial score (nSPS) is 15.3. The predicted octanol–water partition coefficient (Wildman–Crippen LogP) is 2.22. The number of hydrogen-bond donors (Lipinski definition) is 1. The minimum Gasteiger partial charge on any atom is -0.273 e. The average Bonchev–Trinajstić information content (AvgIpc) is 2.57. The topological polar surface area (TPSA) is 41.5 Å². The third-order valence-corrected chi connectivity index (χ3v) is 2.72. The van der Waals surface area contributed by atoms with E-state index in [0.29, 0.717) is 21.3 Å². The van der Waals surface area contributed by atoms with E-state index in [1.165, 1.54) is 0 Å². The van der Waals surface area contributed by atoms with Gasteiger partial charge in [0, 0.05) is 5.56 Å². The summed E-state index contributed by atoms with van der Waals surface area (Å²) < 4.78 is 0. The van der Waals surface area contributed by atoms with Crippen LogP contribution in [0.2, 0.25) is 10.0 Å². The Morgan fingerprint density at radius 1 is 1.36 bits per heavy atom. The Kier molecular flexibility index (Phi) is 2.44. The third kappa shape index (κ3) is 1.61. The molecule has 0 spiro atoms. The first-order valence-corrected chi connectivity index (χ1v) is 4.74. The van der Waals surface area contributed by atoms with Crippen LogP contribution in [0.25, 0.3) is 0 Å². The molecule has 0 radical (unpaired) electrons. The second-order valence-corrected chi connectivity index (χ2v) is 3.66. The van der Waals surface area contributed by atoms with Gasteiger partial charge < -0.3 is 0 Å². The standard InChI is InChI=1S/C9H6Cl2N2O/c10-6-3-1-2-5(9(6)11)7-4-8(14)13-12-7/h1-3H,4H2,(H,13,14). The van der Waals surface area contributed by atoms with Gasteiger partial charge in [-0.3, -0.25) is 4.79 Å². The summed E-state index contributed by atoms with van der Waals surface area (Å²) >= 11 is 11.8. The third-order valence-electron chi connectivity index (χ3n) is 1.91. The maximum Gasteiger partial charge on any atom is 0.246 e. The van der Waals surface area contributed by atoms with Crippen molar-refractivity contribution in [3.63, 3.8) is 0 Å². The lowest BCUT2D eigenvalue weighted by atomic mass is 10.1. The van der Waals surface area contributed by atoms with E-state index in [-0.39, 0.29) is 12.3 Å². The first-order chi connectivity index (χ1) is 6.68. The van der Waals surface area contributed by atoms with E-state index in [0.717, 1.165) is 0 Å². The van der Waals surface area contributed by atoms with Gasteiger partial charge in [-0.15, -0.1) is 0 Å². The van der Waals surface area contributed by atoms with Crippen LogP contribution in [0.4, 0.5) is 0 Å². The molecule has 0 fully saturated rings. The molecule has 1 aliphatic rings. The second kappa shape index (κ2) is 3.59. The van der Waals surface area contributed by atoms with Crippen molar-refractivity contribution in [3.05, 3.63) is 33.8 Å². The smallest absolute Gasteiger partial charge is 0.246 e. The van der Waals surface area contributed by atoms with E-state index in [4.69, 9.17) is 23.2 Å². The Hall–Kier alpha value is -1.06. The highest BCUT2D eigenvalue weighted by molar-refractivity contribution is 6.44. The SMILES string of the molecule is O=C1CC(c2cccc(Cl)c2Cl)=NN1. The molecule has 14 heavy (non-hydrogen) atoms. The maximum atomic E-state index is 10.9. The molecule has 0 atom stereocenters. The zero-order valence-corrected chi connectivity index (χ0v) is 8.56. The molecule has 5 heteroatoms. The van der Waals surface area contributed by atoms with Gasteiger partial charge >= 0.3 is 0 Å². The van der Waals surface area contributed by atoms with Gasteiger partial charge in [0.1, 0.15) is 0 Å². The Morgan fingerprint density at radius 2 is 2.14 bits per heavy atom. The van der Waals surface area contributed by atoms with Crippen LogP contribution in [0.3, 0.4) is 0 Å². The number of benzene rings is 1. The van der Waals surface area contributed by atoms with Crippen LogP contribution in [0, 0.1) is 0 Å². The minimum absolute atomic E-state index is 0.129. The fraction of sp³-hybridized carbons (Fsp3) is 0.111. The monoisotopic (exact) mass is 228 g/mol. The van der Waals surface area contributed by atoms with Crippen molar-refractivity contribution in [2.75, 3.05) is 0 Å². The van der Waals surface area contributed by atoms with Crippen LogP contribution in [-0.2, 0) is 4.79 Å². The van der Waals surface area contributed by atoms with Crippen LogP contribution >= 0.6 is 23.2 Å². The molecule has 3 nitrogen and oxygen atoms in total. The summed E-state index contributed by atoms with van der Waals surface area (Å²) in [6, 6.07) is 5.25. The first-order valence-electron chi connectivity index (χ1n) is 3.98. The van der Waals surface area contributed by atoms with Gasteiger partial charge in [-0.2, -0.15) is 5.10 Å². The molecular weight excluding hydrogens is 223 g/mol. The number of amides is 1. The van der Waals surface area contributed by atoms with Crippen LogP contribution in [0.15, 0.2) is 23.3 Å². The van der Waals surface area contributed by atoms with Crippen LogP contribution in [-0.4, -0.2) is 11.6 Å². The first kappa shape index (κ1) is 9.49. The van der Waals surface area contributed by atoms with Crippen molar-refractivity contribution in [2.24, 2.45) is 5.10 Å². The molecule has 0 unspecified atom stereocenters. The lowest BCUT2D eigenvalue weighted by molar-refractivity contribution is -0.119. The molecule has 0 aromatic heterocycles. The Balaban J connectivity index is 2.42. The van der Waals surface area contributed by atoms with Gasteiger partial charge in [0.25, 0.3) is 0 Å². The van der Waals surface area contributed by atoms with E-state index in [1.807, 2.05) is 0 Å². The summed E-state index contributed by atoms with van der Waals surface area (Å²) in [5.74, 6) is -0.129. The minimum atomic E-state index is -0.129. The lowest BCUT2D eigenvalue weighted by Gasteiger charge is -2.02. The highest BCUT2D eigenvalue weighted by atomic mass is 35.5. The van der Waals surface area contributed by atoms with Gasteiger partial charge in [0.15, 0.2) is 0 Å². The summed E-state index contributed by atoms with van der Waals surface area (Å²) in [5.41, 5.74) is 3.70. The Bertz CT molecular complexity index is 429. The highest BCUT2D eigenvalue weighted by Gasteiger charge is 2.19.